The monoisotopic (exact) mass is 344 g/mol. The number of furan rings is 1. The molecule has 0 spiro atoms. The van der Waals surface area contributed by atoms with E-state index in [1.165, 1.54) is 6.07 Å². The Morgan fingerprint density at radius 3 is 2.60 bits per heavy atom. The third-order valence-electron chi connectivity index (χ3n) is 4.47. The minimum Gasteiger partial charge on any atom is -0.475 e. The Labute approximate surface area is 144 Å². The Morgan fingerprint density at radius 1 is 1.20 bits per heavy atom. The molecule has 0 radical (unpaired) electrons. The number of amides is 2. The van der Waals surface area contributed by atoms with Crippen LogP contribution in [-0.4, -0.2) is 28.9 Å². The first-order chi connectivity index (χ1) is 11.9. The highest BCUT2D eigenvalue weighted by Crippen LogP contribution is 2.25. The maximum atomic E-state index is 12.3. The van der Waals surface area contributed by atoms with Gasteiger partial charge in [-0.05, 0) is 44.0 Å². The topological polar surface area (TPSA) is 109 Å². The zero-order valence-electron chi connectivity index (χ0n) is 13.9. The lowest BCUT2D eigenvalue weighted by molar-refractivity contribution is -0.128. The molecule has 0 saturated heterocycles. The van der Waals surface area contributed by atoms with Crippen LogP contribution in [0.25, 0.3) is 11.0 Å². The molecule has 1 aliphatic rings. The lowest BCUT2D eigenvalue weighted by Crippen LogP contribution is -2.43. The first kappa shape index (κ1) is 17.0. The molecular formula is C18H20N2O5. The van der Waals surface area contributed by atoms with E-state index in [-0.39, 0.29) is 23.5 Å². The van der Waals surface area contributed by atoms with Gasteiger partial charge in [-0.3, -0.25) is 9.59 Å². The van der Waals surface area contributed by atoms with Crippen LogP contribution in [0.2, 0.25) is 0 Å². The summed E-state index contributed by atoms with van der Waals surface area (Å²) < 4.78 is 5.18. The van der Waals surface area contributed by atoms with Gasteiger partial charge in [0.25, 0.3) is 0 Å². The number of carboxylic acids is 1. The van der Waals surface area contributed by atoms with Gasteiger partial charge in [-0.1, -0.05) is 12.8 Å². The maximum Gasteiger partial charge on any atom is 0.371 e. The second-order valence-corrected chi connectivity index (χ2v) is 6.37. The molecule has 1 heterocycles. The Hall–Kier alpha value is -2.83. The van der Waals surface area contributed by atoms with Crippen molar-refractivity contribution in [1.82, 2.24) is 5.32 Å². The molecule has 7 heteroatoms. The third kappa shape index (κ3) is 3.81. The molecule has 3 rings (SSSR count). The standard InChI is InChI=1S/C18H20N2O5/c1-10(19-17(22)11-4-2-3-5-11)16(21)20-13-6-7-14-12(8-13)9-15(25-14)18(23)24/h6-11H,2-5H2,1H3,(H,19,22)(H,20,21)(H,23,24). The van der Waals surface area contributed by atoms with Gasteiger partial charge in [0.1, 0.15) is 11.6 Å². The summed E-state index contributed by atoms with van der Waals surface area (Å²) in [7, 11) is 0. The smallest absolute Gasteiger partial charge is 0.371 e. The first-order valence-corrected chi connectivity index (χ1v) is 8.32. The Balaban J connectivity index is 1.64. The number of fused-ring (bicyclic) bond motifs is 1. The average molecular weight is 344 g/mol. The molecule has 1 aromatic carbocycles. The van der Waals surface area contributed by atoms with E-state index in [4.69, 9.17) is 9.52 Å². The number of benzene rings is 1. The molecule has 7 nitrogen and oxygen atoms in total. The van der Waals surface area contributed by atoms with Crippen molar-refractivity contribution in [2.24, 2.45) is 5.92 Å². The van der Waals surface area contributed by atoms with E-state index in [0.29, 0.717) is 16.7 Å². The molecule has 132 valence electrons. The minimum atomic E-state index is -1.15. The zero-order chi connectivity index (χ0) is 18.0. The molecule has 1 aliphatic carbocycles. The van der Waals surface area contributed by atoms with Crippen LogP contribution in [0.5, 0.6) is 0 Å². The fraction of sp³-hybridized carbons (Fsp3) is 0.389. The molecule has 1 aromatic heterocycles. The van der Waals surface area contributed by atoms with Gasteiger partial charge in [-0.15, -0.1) is 0 Å². The highest BCUT2D eigenvalue weighted by Gasteiger charge is 2.25. The molecule has 25 heavy (non-hydrogen) atoms. The summed E-state index contributed by atoms with van der Waals surface area (Å²) in [6.45, 7) is 1.64. The highest BCUT2D eigenvalue weighted by atomic mass is 16.4. The molecule has 0 bridgehead atoms. The van der Waals surface area contributed by atoms with Gasteiger partial charge < -0.3 is 20.2 Å². The van der Waals surface area contributed by atoms with E-state index < -0.39 is 12.0 Å². The van der Waals surface area contributed by atoms with Crippen LogP contribution in [0.1, 0.15) is 43.2 Å². The van der Waals surface area contributed by atoms with Crippen molar-refractivity contribution in [3.05, 3.63) is 30.0 Å². The fourth-order valence-electron chi connectivity index (χ4n) is 3.06. The summed E-state index contributed by atoms with van der Waals surface area (Å²) in [5.74, 6) is -1.70. The molecule has 1 unspecified atom stereocenters. The predicted molar refractivity (Wildman–Crippen MR) is 91.4 cm³/mol. The molecular weight excluding hydrogens is 324 g/mol. The molecule has 3 N–H and O–H groups in total. The van der Waals surface area contributed by atoms with Crippen LogP contribution >= 0.6 is 0 Å². The molecule has 0 aliphatic heterocycles. The van der Waals surface area contributed by atoms with Crippen LogP contribution in [0, 0.1) is 5.92 Å². The minimum absolute atomic E-state index is 0.00645. The fourth-order valence-corrected chi connectivity index (χ4v) is 3.06. The SMILES string of the molecule is CC(NC(=O)C1CCCC1)C(=O)Nc1ccc2oc(C(=O)O)cc2c1. The number of hydrogen-bond donors (Lipinski definition) is 3. The molecule has 1 atom stereocenters. The Morgan fingerprint density at radius 2 is 1.92 bits per heavy atom. The molecule has 1 fully saturated rings. The van der Waals surface area contributed by atoms with Gasteiger partial charge in [0.15, 0.2) is 0 Å². The van der Waals surface area contributed by atoms with Gasteiger partial charge in [-0.2, -0.15) is 0 Å². The van der Waals surface area contributed by atoms with E-state index >= 15 is 0 Å². The summed E-state index contributed by atoms with van der Waals surface area (Å²) in [6.07, 6.45) is 3.87. The third-order valence-corrected chi connectivity index (χ3v) is 4.47. The number of rotatable bonds is 5. The lowest BCUT2D eigenvalue weighted by atomic mass is 10.1. The van der Waals surface area contributed by atoms with Gasteiger partial charge in [0.05, 0.1) is 0 Å². The van der Waals surface area contributed by atoms with Crippen molar-refractivity contribution in [2.45, 2.75) is 38.6 Å². The number of nitrogens with one attached hydrogen (secondary N) is 2. The molecule has 2 aromatic rings. The van der Waals surface area contributed by atoms with Crippen LogP contribution in [0.4, 0.5) is 5.69 Å². The largest absolute Gasteiger partial charge is 0.475 e. The summed E-state index contributed by atoms with van der Waals surface area (Å²) in [4.78, 5) is 35.3. The summed E-state index contributed by atoms with van der Waals surface area (Å²) in [5, 5.41) is 15.0. The van der Waals surface area contributed by atoms with Crippen LogP contribution in [0.3, 0.4) is 0 Å². The second-order valence-electron chi connectivity index (χ2n) is 6.37. The second kappa shape index (κ2) is 6.96. The number of carbonyl (C=O) groups excluding carboxylic acids is 2. The quantitative estimate of drug-likeness (QED) is 0.773. The predicted octanol–water partition coefficient (Wildman–Crippen LogP) is 2.76. The van der Waals surface area contributed by atoms with Crippen molar-refractivity contribution in [1.29, 1.82) is 0 Å². The summed E-state index contributed by atoms with van der Waals surface area (Å²) in [5.41, 5.74) is 0.940. The zero-order valence-corrected chi connectivity index (χ0v) is 13.9. The number of aromatic carboxylic acids is 1. The van der Waals surface area contributed by atoms with Gasteiger partial charge in [0.2, 0.25) is 17.6 Å². The first-order valence-electron chi connectivity index (χ1n) is 8.32. The van der Waals surface area contributed by atoms with E-state index in [1.54, 1.807) is 25.1 Å². The van der Waals surface area contributed by atoms with Crippen molar-refractivity contribution >= 4 is 34.4 Å². The molecule has 2 amide bonds. The van der Waals surface area contributed by atoms with Crippen molar-refractivity contribution in [2.75, 3.05) is 5.32 Å². The van der Waals surface area contributed by atoms with Gasteiger partial charge >= 0.3 is 5.97 Å². The van der Waals surface area contributed by atoms with E-state index in [2.05, 4.69) is 10.6 Å². The summed E-state index contributed by atoms with van der Waals surface area (Å²) in [6, 6.07) is 5.61. The van der Waals surface area contributed by atoms with Crippen molar-refractivity contribution in [3.8, 4) is 0 Å². The van der Waals surface area contributed by atoms with Gasteiger partial charge in [-0.25, -0.2) is 4.79 Å². The van der Waals surface area contributed by atoms with Crippen molar-refractivity contribution < 1.29 is 23.9 Å². The highest BCUT2D eigenvalue weighted by molar-refractivity contribution is 5.99. The number of carbonyl (C=O) groups is 3. The summed E-state index contributed by atoms with van der Waals surface area (Å²) >= 11 is 0. The lowest BCUT2D eigenvalue weighted by Gasteiger charge is -2.16. The average Bonchev–Trinajstić information content (AvgIpc) is 3.23. The van der Waals surface area contributed by atoms with E-state index in [1.807, 2.05) is 0 Å². The number of anilines is 1. The maximum absolute atomic E-state index is 12.3. The van der Waals surface area contributed by atoms with Gasteiger partial charge in [0, 0.05) is 17.0 Å². The number of carboxylic acid groups (broad SMARTS) is 1. The van der Waals surface area contributed by atoms with E-state index in [0.717, 1.165) is 25.7 Å². The van der Waals surface area contributed by atoms with Crippen LogP contribution < -0.4 is 10.6 Å². The van der Waals surface area contributed by atoms with Crippen LogP contribution in [0.15, 0.2) is 28.7 Å². The Bertz CT molecular complexity index is 820. The van der Waals surface area contributed by atoms with Crippen LogP contribution in [-0.2, 0) is 9.59 Å². The normalized spacial score (nSPS) is 15.9. The van der Waals surface area contributed by atoms with E-state index in [9.17, 15) is 14.4 Å². The Kier molecular flexibility index (Phi) is 4.74. The van der Waals surface area contributed by atoms with Crippen molar-refractivity contribution in [3.63, 3.8) is 0 Å². The molecule has 1 saturated carbocycles. The number of hydrogen-bond acceptors (Lipinski definition) is 4.